The van der Waals surface area contributed by atoms with Crippen molar-refractivity contribution in [3.05, 3.63) is 485 Å². The van der Waals surface area contributed by atoms with E-state index in [9.17, 15) is 0 Å². The second-order valence-electron chi connectivity index (χ2n) is 38.8. The third-order valence-electron chi connectivity index (χ3n) is 30.8. The number of hydrogen-bond donors (Lipinski definition) is 0. The molecule has 0 saturated heterocycles. The molecule has 0 amide bonds. The molecule has 32 aromatic rings. The quantitative estimate of drug-likeness (QED) is 0.107. The number of fused-ring (bicyclic) bond motifs is 31. The number of pyridine rings is 1. The fourth-order valence-electron chi connectivity index (χ4n) is 24.3. The van der Waals surface area contributed by atoms with E-state index in [0.29, 0.717) is 0 Å². The van der Waals surface area contributed by atoms with E-state index in [4.69, 9.17) is 15.0 Å². The van der Waals surface area contributed by atoms with Crippen LogP contribution in [0.1, 0.15) is 18.6 Å². The minimum absolute atomic E-state index is 0.872. The van der Waals surface area contributed by atoms with Crippen molar-refractivity contribution >= 4 is 252 Å². The summed E-state index contributed by atoms with van der Waals surface area (Å²) in [5.41, 5.74) is 26.0. The topological polar surface area (TPSA) is 52.9 Å². The summed E-state index contributed by atoms with van der Waals surface area (Å²) in [6.07, 6.45) is 0.872. The van der Waals surface area contributed by atoms with Crippen LogP contribution < -0.4 is 0 Å². The summed E-state index contributed by atoms with van der Waals surface area (Å²) in [7, 11) is 0. The van der Waals surface area contributed by atoms with Gasteiger partial charge in [0.15, 0.2) is 0 Å². The minimum Gasteiger partial charge on any atom is -0.297 e. The number of rotatable bonds is 9. The van der Waals surface area contributed by atoms with E-state index in [0.717, 1.165) is 73.6 Å². The molecular formula is C138H86N6S3. The van der Waals surface area contributed by atoms with E-state index in [-0.39, 0.29) is 0 Å². The molecule has 9 heteroatoms. The van der Waals surface area contributed by atoms with Gasteiger partial charge in [-0.25, -0.2) is 15.0 Å². The molecule has 0 atom stereocenters. The Morgan fingerprint density at radius 2 is 0.476 bits per heavy atom. The van der Waals surface area contributed by atoms with Crippen LogP contribution in [0.3, 0.4) is 0 Å². The fourth-order valence-corrected chi connectivity index (χ4v) is 28.0. The average molecular weight is 1920 g/mol. The normalized spacial score (nSPS) is 12.0. The highest BCUT2D eigenvalue weighted by atomic mass is 32.1. The predicted molar refractivity (Wildman–Crippen MR) is 633 cm³/mol. The number of nitrogens with zero attached hydrogens (tertiary/aromatic N) is 6. The number of aryl methyl sites for hydroxylation is 2. The number of aromatic nitrogens is 6. The summed E-state index contributed by atoms with van der Waals surface area (Å²) in [6.45, 7) is 4.25. The lowest BCUT2D eigenvalue weighted by Gasteiger charge is -2.18. The molecule has 0 bridgehead atoms. The van der Waals surface area contributed by atoms with Crippen molar-refractivity contribution in [2.75, 3.05) is 0 Å². The maximum atomic E-state index is 5.10. The molecule has 0 fully saturated rings. The van der Waals surface area contributed by atoms with Gasteiger partial charge >= 0.3 is 0 Å². The standard InChI is InChI=1S/C49H28N2S.C45H30N2S.C44H28N2S/c1-2-12-32-29(11-1)21-24-38-41-28-31(23-26-45(41)52-48(32)38)47-36-16-6-4-14-34(36)46(35-15-5-7-17-37(35)47)30-22-25-43-40(27-30)33-13-3-8-18-39(33)49-50-42-19-9-10-20-44(42)51(43)49;1-2-42-46-39-17-9-10-18-40(39)47(42)31-23-19-29(20-24-31)43-33-13-5-7-15-35(33)44(36-16-8-6-14-34(36)43)30-22-26-41-38(27-30)37-25-21-28-11-3-4-12-32(28)45(37)48-41;1-27-45-39-16-8-9-17-40(39)46(27)31-22-18-29(19-23-31)42-33-12-4-6-14-35(33)43(36-15-7-5-13-34(36)42)30-21-25-41-38(26-30)37-24-20-28-10-2-3-11-32(28)44(37)47-41/h1-28H;3-27H,2H2,1H3;2-26H,1H3. The monoisotopic (exact) mass is 1920 g/mol. The largest absolute Gasteiger partial charge is 0.297 e. The zero-order valence-electron chi connectivity index (χ0n) is 80.1. The molecule has 0 aliphatic carbocycles. The SMILES string of the molecule is CCc1nc2ccccc2n1-c1ccc(-c2c3ccccc3c(-c3ccc4sc5c6ccccc6ccc5c4c3)c3ccccc23)cc1.Cc1nc2ccccc2n1-c1ccc(-c2c3ccccc3c(-c3ccc4sc5c6ccccc6ccc5c4c3)c3ccccc23)cc1.c1ccc2c(c1)ccc1c3cc(-c4c5ccccc5c(-c5ccc6c(c5)c5ccccc5c5nc7ccccc7n65)c5ccccc45)ccc3sc21. The first-order chi connectivity index (χ1) is 72.8. The molecule has 0 aliphatic heterocycles. The van der Waals surface area contributed by atoms with E-state index in [1.165, 1.54) is 241 Å². The molecule has 0 saturated carbocycles. The van der Waals surface area contributed by atoms with Crippen LogP contribution in [-0.4, -0.2) is 28.5 Å². The summed E-state index contributed by atoms with van der Waals surface area (Å²) in [6, 6.07) is 174. The molecule has 686 valence electrons. The third-order valence-corrected chi connectivity index (χ3v) is 34.5. The van der Waals surface area contributed by atoms with Crippen LogP contribution in [0.15, 0.2) is 473 Å². The van der Waals surface area contributed by atoms with Crippen molar-refractivity contribution in [2.45, 2.75) is 20.3 Å². The fraction of sp³-hybridized carbons (Fsp3) is 0.0217. The molecule has 32 rings (SSSR count). The van der Waals surface area contributed by atoms with Crippen molar-refractivity contribution in [1.29, 1.82) is 0 Å². The van der Waals surface area contributed by atoms with Crippen molar-refractivity contribution in [2.24, 2.45) is 0 Å². The Morgan fingerprint density at radius 3 is 0.850 bits per heavy atom. The van der Waals surface area contributed by atoms with E-state index in [2.05, 4.69) is 494 Å². The van der Waals surface area contributed by atoms with Crippen LogP contribution in [0.25, 0.3) is 296 Å². The number of benzene rings is 25. The van der Waals surface area contributed by atoms with E-state index in [1.54, 1.807) is 0 Å². The van der Waals surface area contributed by atoms with E-state index >= 15 is 0 Å². The molecule has 7 heterocycles. The van der Waals surface area contributed by atoms with Crippen molar-refractivity contribution < 1.29 is 0 Å². The zero-order valence-corrected chi connectivity index (χ0v) is 82.6. The van der Waals surface area contributed by atoms with E-state index < -0.39 is 0 Å². The van der Waals surface area contributed by atoms with Crippen LogP contribution in [0.2, 0.25) is 0 Å². The highest BCUT2D eigenvalue weighted by Crippen LogP contribution is 2.53. The molecule has 0 radical (unpaired) electrons. The molecule has 0 aliphatic rings. The lowest BCUT2D eigenvalue weighted by atomic mass is 9.85. The maximum Gasteiger partial charge on any atom is 0.146 e. The van der Waals surface area contributed by atoms with Gasteiger partial charge in [0.25, 0.3) is 0 Å². The van der Waals surface area contributed by atoms with Gasteiger partial charge in [0.2, 0.25) is 0 Å². The molecule has 6 nitrogen and oxygen atoms in total. The van der Waals surface area contributed by atoms with E-state index in [1.807, 2.05) is 40.1 Å². The summed E-state index contributed by atoms with van der Waals surface area (Å²) >= 11 is 5.70. The maximum absolute atomic E-state index is 5.10. The second-order valence-corrected chi connectivity index (χ2v) is 41.9. The Bertz CT molecular complexity index is 11000. The van der Waals surface area contributed by atoms with Crippen LogP contribution in [0, 0.1) is 6.92 Å². The van der Waals surface area contributed by atoms with Gasteiger partial charge in [-0.2, -0.15) is 0 Å². The predicted octanol–water partition coefficient (Wildman–Crippen LogP) is 39.2. The first kappa shape index (κ1) is 84.6. The van der Waals surface area contributed by atoms with Crippen LogP contribution in [0.4, 0.5) is 0 Å². The van der Waals surface area contributed by atoms with Gasteiger partial charge in [0, 0.05) is 89.1 Å². The number of hydrogen-bond acceptors (Lipinski definition) is 6. The molecular weight excluding hydrogens is 1840 g/mol. The lowest BCUT2D eigenvalue weighted by molar-refractivity contribution is 0.908. The van der Waals surface area contributed by atoms with Crippen molar-refractivity contribution in [3.63, 3.8) is 0 Å². The Labute approximate surface area is 856 Å². The Morgan fingerprint density at radius 1 is 0.197 bits per heavy atom. The molecule has 0 N–H and O–H groups in total. The van der Waals surface area contributed by atoms with Crippen LogP contribution >= 0.6 is 34.0 Å². The van der Waals surface area contributed by atoms with Crippen molar-refractivity contribution in [3.8, 4) is 78.1 Å². The van der Waals surface area contributed by atoms with Gasteiger partial charge in [-0.05, 0) is 285 Å². The highest BCUT2D eigenvalue weighted by molar-refractivity contribution is 7.27. The Kier molecular flexibility index (Phi) is 19.4. The van der Waals surface area contributed by atoms with Gasteiger partial charge in [-0.1, -0.05) is 371 Å². The Balaban J connectivity index is 0.000000102. The van der Waals surface area contributed by atoms with Crippen LogP contribution in [0.5, 0.6) is 0 Å². The lowest BCUT2D eigenvalue weighted by Crippen LogP contribution is -2.00. The molecule has 7 aromatic heterocycles. The average Bonchev–Trinajstić information content (AvgIpc) is 1.58. The van der Waals surface area contributed by atoms with Crippen molar-refractivity contribution in [1.82, 2.24) is 28.5 Å². The Hall–Kier alpha value is -18.1. The molecule has 147 heavy (non-hydrogen) atoms. The summed E-state index contributed by atoms with van der Waals surface area (Å²) in [5, 5.41) is 34.6. The van der Waals surface area contributed by atoms with Gasteiger partial charge in [0.05, 0.1) is 38.6 Å². The molecule has 0 spiro atoms. The number of thiophene rings is 3. The second kappa shape index (κ2) is 33.8. The minimum atomic E-state index is 0.872. The first-order valence-electron chi connectivity index (χ1n) is 50.5. The highest BCUT2D eigenvalue weighted by Gasteiger charge is 2.27. The zero-order chi connectivity index (χ0) is 96.7. The van der Waals surface area contributed by atoms with Gasteiger partial charge in [-0.15, -0.1) is 34.0 Å². The summed E-state index contributed by atoms with van der Waals surface area (Å²) in [5.74, 6) is 2.07. The summed E-state index contributed by atoms with van der Waals surface area (Å²) < 4.78 is 14.9. The first-order valence-corrected chi connectivity index (χ1v) is 52.9. The van der Waals surface area contributed by atoms with Gasteiger partial charge in [-0.3, -0.25) is 13.5 Å². The number of para-hydroxylation sites is 6. The third kappa shape index (κ3) is 13.3. The molecule has 0 unspecified atom stereocenters. The van der Waals surface area contributed by atoms with Gasteiger partial charge < -0.3 is 0 Å². The van der Waals surface area contributed by atoms with Crippen LogP contribution in [-0.2, 0) is 6.42 Å². The van der Waals surface area contributed by atoms with Gasteiger partial charge in [0.1, 0.15) is 17.3 Å². The molecule has 25 aromatic carbocycles. The summed E-state index contributed by atoms with van der Waals surface area (Å²) in [4.78, 5) is 14.8. The number of imidazole rings is 3. The smallest absolute Gasteiger partial charge is 0.146 e.